The van der Waals surface area contributed by atoms with Gasteiger partial charge in [0.1, 0.15) is 18.1 Å². The summed E-state index contributed by atoms with van der Waals surface area (Å²) >= 11 is 4.14. The first-order chi connectivity index (χ1) is 15.3. The SMILES string of the molecule is CCC(C)C(NC(=O)C1CCCN1)C(=O)NC(CS)C(=O)NC(Cc1cnc[nH]1)C(=O)O. The van der Waals surface area contributed by atoms with Gasteiger partial charge >= 0.3 is 5.97 Å². The number of thiol groups is 1. The molecule has 0 spiro atoms. The van der Waals surface area contributed by atoms with Crippen molar-refractivity contribution in [3.05, 3.63) is 18.2 Å². The van der Waals surface area contributed by atoms with Gasteiger partial charge in [0.2, 0.25) is 17.7 Å². The van der Waals surface area contributed by atoms with E-state index in [4.69, 9.17) is 0 Å². The van der Waals surface area contributed by atoms with Crippen LogP contribution in [0.3, 0.4) is 0 Å². The minimum absolute atomic E-state index is 0.00819. The Balaban J connectivity index is 2.02. The molecule has 0 aliphatic carbocycles. The minimum atomic E-state index is -1.22. The summed E-state index contributed by atoms with van der Waals surface area (Å²) in [6.45, 7) is 4.50. The number of amides is 3. The molecule has 5 atom stereocenters. The Kier molecular flexibility index (Phi) is 9.97. The average Bonchev–Trinajstić information content (AvgIpc) is 3.48. The lowest BCUT2D eigenvalue weighted by molar-refractivity contribution is -0.142. The molecule has 32 heavy (non-hydrogen) atoms. The molecule has 0 radical (unpaired) electrons. The van der Waals surface area contributed by atoms with Crippen molar-refractivity contribution in [1.29, 1.82) is 0 Å². The summed E-state index contributed by atoms with van der Waals surface area (Å²) in [4.78, 5) is 56.3. The third-order valence-electron chi connectivity index (χ3n) is 5.58. The van der Waals surface area contributed by atoms with Crippen molar-refractivity contribution in [2.24, 2.45) is 5.92 Å². The van der Waals surface area contributed by atoms with E-state index in [9.17, 15) is 24.3 Å². The van der Waals surface area contributed by atoms with Gasteiger partial charge in [-0.3, -0.25) is 14.4 Å². The van der Waals surface area contributed by atoms with Crippen LogP contribution in [0.1, 0.15) is 38.8 Å². The van der Waals surface area contributed by atoms with Gasteiger partial charge in [0, 0.05) is 24.1 Å². The summed E-state index contributed by atoms with van der Waals surface area (Å²) in [5.41, 5.74) is 0.546. The number of carboxylic acids is 1. The predicted molar refractivity (Wildman–Crippen MR) is 120 cm³/mol. The van der Waals surface area contributed by atoms with Crippen LogP contribution in [0.4, 0.5) is 0 Å². The molecule has 12 heteroatoms. The van der Waals surface area contributed by atoms with Crippen LogP contribution >= 0.6 is 12.6 Å². The molecule has 0 aromatic carbocycles. The molecule has 6 N–H and O–H groups in total. The Hall–Kier alpha value is -2.60. The van der Waals surface area contributed by atoms with E-state index in [1.54, 1.807) is 0 Å². The molecule has 1 saturated heterocycles. The van der Waals surface area contributed by atoms with Crippen LogP contribution < -0.4 is 21.3 Å². The number of carboxylic acid groups (broad SMARTS) is 1. The maximum absolute atomic E-state index is 13.0. The molecule has 0 saturated carbocycles. The van der Waals surface area contributed by atoms with Crippen molar-refractivity contribution in [2.45, 2.75) is 63.7 Å². The third kappa shape index (κ3) is 7.23. The molecule has 1 fully saturated rings. The average molecular weight is 469 g/mol. The molecule has 178 valence electrons. The Morgan fingerprint density at radius 2 is 1.94 bits per heavy atom. The highest BCUT2D eigenvalue weighted by Crippen LogP contribution is 2.11. The Labute approximate surface area is 192 Å². The third-order valence-corrected chi connectivity index (χ3v) is 5.94. The molecule has 0 bridgehead atoms. The number of nitrogens with zero attached hydrogens (tertiary/aromatic N) is 1. The fourth-order valence-electron chi connectivity index (χ4n) is 3.41. The van der Waals surface area contributed by atoms with Crippen LogP contribution in [0.25, 0.3) is 0 Å². The number of aromatic nitrogens is 2. The smallest absolute Gasteiger partial charge is 0.326 e. The normalized spacial score (nSPS) is 19.4. The van der Waals surface area contributed by atoms with Crippen LogP contribution in [0.2, 0.25) is 0 Å². The summed E-state index contributed by atoms with van der Waals surface area (Å²) in [6.07, 6.45) is 5.13. The first-order valence-corrected chi connectivity index (χ1v) is 11.3. The number of aromatic amines is 1. The molecular weight excluding hydrogens is 436 g/mol. The molecule has 1 aliphatic heterocycles. The van der Waals surface area contributed by atoms with E-state index < -0.39 is 35.9 Å². The van der Waals surface area contributed by atoms with Crippen LogP contribution in [-0.2, 0) is 25.6 Å². The summed E-state index contributed by atoms with van der Waals surface area (Å²) in [5, 5.41) is 20.4. The number of carbonyl (C=O) groups is 4. The minimum Gasteiger partial charge on any atom is -0.480 e. The molecule has 1 aromatic rings. The number of aliphatic carboxylic acids is 1. The van der Waals surface area contributed by atoms with Crippen molar-refractivity contribution < 1.29 is 24.3 Å². The molecule has 1 aromatic heterocycles. The first-order valence-electron chi connectivity index (χ1n) is 10.7. The van der Waals surface area contributed by atoms with Crippen molar-refractivity contribution in [3.63, 3.8) is 0 Å². The second-order valence-corrected chi connectivity index (χ2v) is 8.31. The van der Waals surface area contributed by atoms with Gasteiger partial charge in [0.05, 0.1) is 12.4 Å². The standard InChI is InChI=1S/C20H32N6O5S/c1-3-11(2)16(26-17(27)13-5-4-6-22-13)19(29)25-15(9-32)18(28)24-14(20(30)31)7-12-8-21-10-23-12/h8,10-11,13-16,22,32H,3-7,9H2,1-2H3,(H,21,23)(H,24,28)(H,25,29)(H,26,27)(H,30,31). The van der Waals surface area contributed by atoms with Crippen molar-refractivity contribution >= 4 is 36.3 Å². The van der Waals surface area contributed by atoms with Crippen LogP contribution in [0, 0.1) is 5.92 Å². The van der Waals surface area contributed by atoms with Gasteiger partial charge in [-0.05, 0) is 25.3 Å². The zero-order valence-electron chi connectivity index (χ0n) is 18.3. The van der Waals surface area contributed by atoms with Gasteiger partial charge in [-0.15, -0.1) is 0 Å². The topological polar surface area (TPSA) is 165 Å². The monoisotopic (exact) mass is 468 g/mol. The maximum Gasteiger partial charge on any atom is 0.326 e. The van der Waals surface area contributed by atoms with E-state index >= 15 is 0 Å². The maximum atomic E-state index is 13.0. The number of hydrogen-bond acceptors (Lipinski definition) is 7. The van der Waals surface area contributed by atoms with Crippen molar-refractivity contribution in [1.82, 2.24) is 31.2 Å². The highest BCUT2D eigenvalue weighted by molar-refractivity contribution is 7.80. The number of nitrogens with one attached hydrogen (secondary N) is 5. The summed E-state index contributed by atoms with van der Waals surface area (Å²) in [7, 11) is 0. The van der Waals surface area contributed by atoms with E-state index in [2.05, 4.69) is 43.9 Å². The van der Waals surface area contributed by atoms with E-state index in [1.807, 2.05) is 13.8 Å². The molecule has 2 rings (SSSR count). The molecule has 5 unspecified atom stereocenters. The van der Waals surface area contributed by atoms with Crippen molar-refractivity contribution in [3.8, 4) is 0 Å². The fraction of sp³-hybridized carbons (Fsp3) is 0.650. The Morgan fingerprint density at radius 1 is 1.22 bits per heavy atom. The quantitative estimate of drug-likeness (QED) is 0.198. The van der Waals surface area contributed by atoms with E-state index in [0.717, 1.165) is 13.0 Å². The lowest BCUT2D eigenvalue weighted by Crippen LogP contribution is -2.59. The van der Waals surface area contributed by atoms with E-state index in [-0.39, 0.29) is 30.0 Å². The van der Waals surface area contributed by atoms with Gasteiger partial charge in [-0.25, -0.2) is 9.78 Å². The lowest BCUT2D eigenvalue weighted by atomic mass is 9.97. The summed E-state index contributed by atoms with van der Waals surface area (Å²) < 4.78 is 0. The summed E-state index contributed by atoms with van der Waals surface area (Å²) in [5.74, 6) is -2.87. The highest BCUT2D eigenvalue weighted by Gasteiger charge is 2.33. The molecule has 2 heterocycles. The van der Waals surface area contributed by atoms with Gasteiger partial charge in [-0.2, -0.15) is 12.6 Å². The van der Waals surface area contributed by atoms with E-state index in [0.29, 0.717) is 18.5 Å². The lowest BCUT2D eigenvalue weighted by Gasteiger charge is -2.27. The second-order valence-electron chi connectivity index (χ2n) is 7.94. The van der Waals surface area contributed by atoms with Gasteiger partial charge in [0.15, 0.2) is 0 Å². The molecular formula is C20H32N6O5S. The second kappa shape index (κ2) is 12.4. The number of H-pyrrole nitrogens is 1. The van der Waals surface area contributed by atoms with Crippen LogP contribution in [0.15, 0.2) is 12.5 Å². The van der Waals surface area contributed by atoms with Crippen LogP contribution in [-0.4, -0.2) is 75.2 Å². The Bertz CT molecular complexity index is 783. The fourth-order valence-corrected chi connectivity index (χ4v) is 3.67. The summed E-state index contributed by atoms with van der Waals surface area (Å²) in [6, 6.07) is -3.44. The zero-order valence-corrected chi connectivity index (χ0v) is 19.2. The molecule has 1 aliphatic rings. The highest BCUT2D eigenvalue weighted by atomic mass is 32.1. The zero-order chi connectivity index (χ0) is 23.7. The predicted octanol–water partition coefficient (Wildman–Crippen LogP) is -0.781. The number of hydrogen-bond donors (Lipinski definition) is 7. The van der Waals surface area contributed by atoms with Gasteiger partial charge < -0.3 is 31.4 Å². The molecule has 3 amide bonds. The van der Waals surface area contributed by atoms with Gasteiger partial charge in [-0.1, -0.05) is 20.3 Å². The van der Waals surface area contributed by atoms with Crippen molar-refractivity contribution in [2.75, 3.05) is 12.3 Å². The first kappa shape index (κ1) is 25.7. The van der Waals surface area contributed by atoms with Gasteiger partial charge in [0.25, 0.3) is 0 Å². The largest absolute Gasteiger partial charge is 0.480 e. The van der Waals surface area contributed by atoms with E-state index in [1.165, 1.54) is 12.5 Å². The number of imidazole rings is 1. The van der Waals surface area contributed by atoms with Crippen LogP contribution in [0.5, 0.6) is 0 Å². The molecule has 11 nitrogen and oxygen atoms in total. The Morgan fingerprint density at radius 3 is 2.47 bits per heavy atom. The number of rotatable bonds is 12. The number of carbonyl (C=O) groups excluding carboxylic acids is 3.